The number of ether oxygens (including phenoxy) is 4. The van der Waals surface area contributed by atoms with Crippen molar-refractivity contribution in [3.05, 3.63) is 59.7 Å². The second-order valence-electron chi connectivity index (χ2n) is 9.34. The Morgan fingerprint density at radius 1 is 0.821 bits per heavy atom. The Kier molecular flexibility index (Phi) is 9.51. The summed E-state index contributed by atoms with van der Waals surface area (Å²) in [5.74, 6) is 0.438. The molecule has 0 saturated carbocycles. The van der Waals surface area contributed by atoms with E-state index in [0.29, 0.717) is 22.6 Å². The third-order valence-electron chi connectivity index (χ3n) is 6.75. The maximum Gasteiger partial charge on any atom is 0.251 e. The molecule has 13 nitrogen and oxygen atoms in total. The Bertz CT molecular complexity index is 1120. The van der Waals surface area contributed by atoms with Crippen LogP contribution >= 0.6 is 0 Å². The highest BCUT2D eigenvalue weighted by Crippen LogP contribution is 2.37. The van der Waals surface area contributed by atoms with Gasteiger partial charge < -0.3 is 60.0 Å². The van der Waals surface area contributed by atoms with Crippen molar-refractivity contribution in [2.24, 2.45) is 0 Å². The van der Waals surface area contributed by atoms with E-state index in [1.165, 1.54) is 7.05 Å². The van der Waals surface area contributed by atoms with Gasteiger partial charge in [0.05, 0.1) is 13.2 Å². The molecule has 10 atom stereocenters. The van der Waals surface area contributed by atoms with Gasteiger partial charge in [-0.25, -0.2) is 0 Å². The summed E-state index contributed by atoms with van der Waals surface area (Å²) in [4.78, 5) is 11.9. The summed E-state index contributed by atoms with van der Waals surface area (Å²) in [6.07, 6.45) is -14.9. The zero-order chi connectivity index (χ0) is 28.3. The summed E-state index contributed by atoms with van der Waals surface area (Å²) >= 11 is 0. The normalized spacial score (nSPS) is 34.9. The first-order valence-corrected chi connectivity index (χ1v) is 12.4. The fourth-order valence-corrected chi connectivity index (χ4v) is 4.59. The monoisotopic (exact) mass is 551 g/mol. The molecule has 214 valence electrons. The first kappa shape index (κ1) is 29.3. The van der Waals surface area contributed by atoms with Gasteiger partial charge in [0.25, 0.3) is 5.91 Å². The van der Waals surface area contributed by atoms with Crippen LogP contribution in [0.25, 0.3) is 0 Å². The van der Waals surface area contributed by atoms with E-state index in [2.05, 4.69) is 5.32 Å². The molecule has 0 bridgehead atoms. The number of aliphatic hydroxyl groups is 7. The van der Waals surface area contributed by atoms with E-state index in [-0.39, 0.29) is 5.91 Å². The molecule has 2 aliphatic heterocycles. The van der Waals surface area contributed by atoms with Crippen LogP contribution in [-0.4, -0.2) is 117 Å². The summed E-state index contributed by atoms with van der Waals surface area (Å²) in [5, 5.41) is 74.1. The predicted octanol–water partition coefficient (Wildman–Crippen LogP) is -1.82. The van der Waals surface area contributed by atoms with Crippen LogP contribution in [0.2, 0.25) is 0 Å². The second kappa shape index (κ2) is 12.7. The molecule has 0 unspecified atom stereocenters. The minimum absolute atomic E-state index is 0.285. The summed E-state index contributed by atoms with van der Waals surface area (Å²) in [5.41, 5.74) is 0.792. The van der Waals surface area contributed by atoms with Crippen molar-refractivity contribution >= 4 is 5.91 Å². The van der Waals surface area contributed by atoms with Crippen molar-refractivity contribution in [3.8, 4) is 11.5 Å². The molecule has 39 heavy (non-hydrogen) atoms. The van der Waals surface area contributed by atoms with Crippen LogP contribution in [0.5, 0.6) is 11.5 Å². The van der Waals surface area contributed by atoms with Crippen molar-refractivity contribution in [1.82, 2.24) is 5.32 Å². The first-order chi connectivity index (χ1) is 18.7. The summed E-state index contributed by atoms with van der Waals surface area (Å²) < 4.78 is 22.7. The summed E-state index contributed by atoms with van der Waals surface area (Å²) in [6.45, 7) is -1.33. The van der Waals surface area contributed by atoms with E-state index >= 15 is 0 Å². The zero-order valence-corrected chi connectivity index (χ0v) is 21.0. The molecule has 0 aromatic heterocycles. The molecule has 13 heteroatoms. The molecule has 2 fully saturated rings. The minimum Gasteiger partial charge on any atom is -0.457 e. The van der Waals surface area contributed by atoms with Crippen molar-refractivity contribution < 1.29 is 59.5 Å². The van der Waals surface area contributed by atoms with Crippen LogP contribution in [-0.2, 0) is 14.2 Å². The number of carbonyl (C=O) groups is 1. The van der Waals surface area contributed by atoms with Gasteiger partial charge in [0.15, 0.2) is 6.29 Å². The fraction of sp³-hybridized carbons (Fsp3) is 0.500. The summed E-state index contributed by atoms with van der Waals surface area (Å²) in [6, 6.07) is 13.0. The Balaban J connectivity index is 1.55. The maximum absolute atomic E-state index is 11.9. The topological polar surface area (TPSA) is 208 Å². The van der Waals surface area contributed by atoms with Crippen LogP contribution in [0.15, 0.2) is 48.5 Å². The van der Waals surface area contributed by atoms with E-state index in [4.69, 9.17) is 18.9 Å². The van der Waals surface area contributed by atoms with Gasteiger partial charge >= 0.3 is 0 Å². The van der Waals surface area contributed by atoms with Gasteiger partial charge in [0.1, 0.15) is 66.4 Å². The van der Waals surface area contributed by atoms with E-state index in [0.717, 1.165) is 0 Å². The highest BCUT2D eigenvalue weighted by molar-refractivity contribution is 5.94. The Morgan fingerprint density at radius 3 is 2.13 bits per heavy atom. The molecule has 0 radical (unpaired) electrons. The SMILES string of the molecule is CNC(=O)c1cccc(Oc2cccc([C@H]3O[C@H](CO)[C@@H](O)[C@H](O[C@H]4O[C@H](CO)[C@@H](O)[C@@H](O)[C@H]4O)[C@@H]3O)c2)c1. The predicted molar refractivity (Wildman–Crippen MR) is 132 cm³/mol. The third-order valence-corrected chi connectivity index (χ3v) is 6.75. The molecule has 0 spiro atoms. The molecular formula is C26H33NO12. The number of rotatable bonds is 8. The van der Waals surface area contributed by atoms with Gasteiger partial charge in [0, 0.05) is 12.6 Å². The van der Waals surface area contributed by atoms with Crippen molar-refractivity contribution in [2.45, 2.75) is 61.2 Å². The average molecular weight is 552 g/mol. The highest BCUT2D eigenvalue weighted by atomic mass is 16.7. The molecule has 0 aliphatic carbocycles. The van der Waals surface area contributed by atoms with Crippen molar-refractivity contribution in [2.75, 3.05) is 20.3 Å². The lowest BCUT2D eigenvalue weighted by Gasteiger charge is -2.46. The van der Waals surface area contributed by atoms with Gasteiger partial charge in [-0.05, 0) is 35.9 Å². The number of amides is 1. The molecule has 1 amide bonds. The standard InChI is InChI=1S/C26H33NO12/c1-27-25(35)13-5-3-7-15(9-13)36-14-6-2-4-12(8-14)23-22(34)24(19(31)17(11-29)37-23)39-26-21(33)20(32)18(30)16(10-28)38-26/h2-9,16-24,26,28-34H,10-11H2,1H3,(H,27,35)/t16-,17-,18-,19-,20-,21-,22-,23-,24+,26-/m1/s1. The average Bonchev–Trinajstić information content (AvgIpc) is 2.95. The van der Waals surface area contributed by atoms with Crippen LogP contribution in [0.4, 0.5) is 0 Å². The van der Waals surface area contributed by atoms with Gasteiger partial charge in [-0.3, -0.25) is 4.79 Å². The van der Waals surface area contributed by atoms with Gasteiger partial charge in [0.2, 0.25) is 0 Å². The molecule has 2 aromatic carbocycles. The number of hydrogen-bond donors (Lipinski definition) is 8. The maximum atomic E-state index is 11.9. The lowest BCUT2D eigenvalue weighted by molar-refractivity contribution is -0.342. The highest BCUT2D eigenvalue weighted by Gasteiger charge is 2.50. The number of hydrogen-bond acceptors (Lipinski definition) is 12. The molecule has 2 aliphatic rings. The van der Waals surface area contributed by atoms with E-state index in [1.807, 2.05) is 0 Å². The molecule has 4 rings (SSSR count). The molecule has 2 saturated heterocycles. The van der Waals surface area contributed by atoms with Crippen LogP contribution < -0.4 is 10.1 Å². The number of carbonyl (C=O) groups excluding carboxylic acids is 1. The lowest BCUT2D eigenvalue weighted by atomic mass is 9.90. The van der Waals surface area contributed by atoms with Gasteiger partial charge in [-0.2, -0.15) is 0 Å². The van der Waals surface area contributed by atoms with E-state index in [1.54, 1.807) is 48.5 Å². The number of benzene rings is 2. The molecule has 8 N–H and O–H groups in total. The first-order valence-electron chi connectivity index (χ1n) is 12.4. The van der Waals surface area contributed by atoms with Crippen LogP contribution in [0.3, 0.4) is 0 Å². The van der Waals surface area contributed by atoms with Crippen LogP contribution in [0, 0.1) is 0 Å². The van der Waals surface area contributed by atoms with E-state index in [9.17, 15) is 40.5 Å². The fourth-order valence-electron chi connectivity index (χ4n) is 4.59. The van der Waals surface area contributed by atoms with Gasteiger partial charge in [-0.1, -0.05) is 18.2 Å². The summed E-state index contributed by atoms with van der Waals surface area (Å²) in [7, 11) is 1.51. The van der Waals surface area contributed by atoms with Crippen LogP contribution in [0.1, 0.15) is 22.0 Å². The second-order valence-corrected chi connectivity index (χ2v) is 9.34. The zero-order valence-electron chi connectivity index (χ0n) is 21.0. The number of nitrogens with one attached hydrogen (secondary N) is 1. The van der Waals surface area contributed by atoms with Gasteiger partial charge in [-0.15, -0.1) is 0 Å². The molecule has 2 aromatic rings. The minimum atomic E-state index is -1.77. The smallest absolute Gasteiger partial charge is 0.251 e. The quantitative estimate of drug-likeness (QED) is 0.182. The Hall–Kier alpha value is -2.69. The van der Waals surface area contributed by atoms with E-state index < -0.39 is 74.4 Å². The number of aliphatic hydroxyl groups excluding tert-OH is 7. The Labute approximate surface area is 223 Å². The molecular weight excluding hydrogens is 518 g/mol. The van der Waals surface area contributed by atoms with Crippen molar-refractivity contribution in [1.29, 1.82) is 0 Å². The lowest BCUT2D eigenvalue weighted by Crippen LogP contribution is -2.63. The largest absolute Gasteiger partial charge is 0.457 e. The Morgan fingerprint density at radius 2 is 1.46 bits per heavy atom. The third kappa shape index (κ3) is 6.23. The molecule has 2 heterocycles. The van der Waals surface area contributed by atoms with Crippen molar-refractivity contribution in [3.63, 3.8) is 0 Å².